The summed E-state index contributed by atoms with van der Waals surface area (Å²) in [5.41, 5.74) is 1.23. The van der Waals surface area contributed by atoms with Crippen LogP contribution < -0.4 is 19.5 Å². The van der Waals surface area contributed by atoms with Crippen LogP contribution in [0.25, 0.3) is 10.2 Å². The van der Waals surface area contributed by atoms with Crippen molar-refractivity contribution in [2.45, 2.75) is 13.8 Å². The smallest absolute Gasteiger partial charge is 0.257 e. The number of aromatic nitrogens is 1. The molecule has 0 saturated carbocycles. The second kappa shape index (κ2) is 8.26. The van der Waals surface area contributed by atoms with Gasteiger partial charge in [-0.1, -0.05) is 25.2 Å². The summed E-state index contributed by atoms with van der Waals surface area (Å²) < 4.78 is 17.1. The summed E-state index contributed by atoms with van der Waals surface area (Å²) in [5, 5.41) is 3.34. The van der Waals surface area contributed by atoms with E-state index < -0.39 is 0 Å². The van der Waals surface area contributed by atoms with Gasteiger partial charge in [-0.25, -0.2) is 4.98 Å². The van der Waals surface area contributed by atoms with Crippen molar-refractivity contribution >= 4 is 32.6 Å². The molecule has 1 aromatic heterocycles. The first-order valence-electron chi connectivity index (χ1n) is 8.57. The van der Waals surface area contributed by atoms with E-state index >= 15 is 0 Å². The van der Waals surface area contributed by atoms with E-state index in [9.17, 15) is 4.79 Å². The summed E-state index contributed by atoms with van der Waals surface area (Å²) in [6, 6.07) is 10.7. The number of thiazole rings is 1. The van der Waals surface area contributed by atoms with Crippen LogP contribution in [0.2, 0.25) is 0 Å². The quantitative estimate of drug-likeness (QED) is 0.643. The van der Waals surface area contributed by atoms with E-state index in [0.717, 1.165) is 10.4 Å². The highest BCUT2D eigenvalue weighted by atomic mass is 32.1. The van der Waals surface area contributed by atoms with Gasteiger partial charge >= 0.3 is 0 Å². The Balaban J connectivity index is 1.75. The molecule has 7 heteroatoms. The fourth-order valence-electron chi connectivity index (χ4n) is 2.44. The van der Waals surface area contributed by atoms with Gasteiger partial charge in [-0.2, -0.15) is 0 Å². The molecular weight excluding hydrogens is 364 g/mol. The molecule has 0 unspecified atom stereocenters. The molecule has 0 radical (unpaired) electrons. The summed E-state index contributed by atoms with van der Waals surface area (Å²) in [6.45, 7) is 4.82. The van der Waals surface area contributed by atoms with Crippen molar-refractivity contribution in [3.8, 4) is 17.2 Å². The van der Waals surface area contributed by atoms with Crippen LogP contribution in [0.5, 0.6) is 17.2 Å². The van der Waals surface area contributed by atoms with Crippen molar-refractivity contribution in [2.24, 2.45) is 5.92 Å². The normalized spacial score (nSPS) is 10.9. The van der Waals surface area contributed by atoms with Gasteiger partial charge in [0.05, 0.1) is 25.5 Å². The summed E-state index contributed by atoms with van der Waals surface area (Å²) in [6.07, 6.45) is 0. The Hall–Kier alpha value is -2.80. The van der Waals surface area contributed by atoms with Gasteiger partial charge in [0.2, 0.25) is 0 Å². The zero-order valence-electron chi connectivity index (χ0n) is 15.7. The lowest BCUT2D eigenvalue weighted by Crippen LogP contribution is -2.11. The third kappa shape index (κ3) is 4.49. The van der Waals surface area contributed by atoms with Crippen LogP contribution in [0.4, 0.5) is 5.13 Å². The molecule has 142 valence electrons. The van der Waals surface area contributed by atoms with Crippen LogP contribution in [-0.4, -0.2) is 31.7 Å². The molecule has 0 atom stereocenters. The lowest BCUT2D eigenvalue weighted by atomic mass is 10.2. The lowest BCUT2D eigenvalue weighted by Gasteiger charge is -2.09. The molecule has 2 aromatic carbocycles. The maximum Gasteiger partial charge on any atom is 0.257 e. The Morgan fingerprint density at radius 3 is 2.48 bits per heavy atom. The second-order valence-electron chi connectivity index (χ2n) is 6.38. The highest BCUT2D eigenvalue weighted by molar-refractivity contribution is 7.22. The Morgan fingerprint density at radius 1 is 1.11 bits per heavy atom. The van der Waals surface area contributed by atoms with Crippen LogP contribution in [0.3, 0.4) is 0 Å². The first-order chi connectivity index (χ1) is 13.0. The largest absolute Gasteiger partial charge is 0.497 e. The van der Waals surface area contributed by atoms with Gasteiger partial charge in [0.25, 0.3) is 5.91 Å². The number of rotatable bonds is 7. The monoisotopic (exact) mass is 386 g/mol. The van der Waals surface area contributed by atoms with Gasteiger partial charge in [0.1, 0.15) is 22.8 Å². The van der Waals surface area contributed by atoms with Gasteiger partial charge in [0.15, 0.2) is 5.13 Å². The van der Waals surface area contributed by atoms with Gasteiger partial charge in [-0.15, -0.1) is 0 Å². The van der Waals surface area contributed by atoms with Gasteiger partial charge in [-0.3, -0.25) is 10.1 Å². The summed E-state index contributed by atoms with van der Waals surface area (Å²) >= 11 is 1.37. The van der Waals surface area contributed by atoms with Gasteiger partial charge < -0.3 is 14.2 Å². The number of hydrogen-bond acceptors (Lipinski definition) is 6. The number of methoxy groups -OCH3 is 2. The molecule has 0 saturated heterocycles. The standard InChI is InChI=1S/C20H22N2O4S/c1-12(2)11-26-14-7-5-13(6-8-14)19(23)22-20-21-18-16(25-4)9-15(24-3)10-17(18)27-20/h5-10,12H,11H2,1-4H3,(H,21,22,23). The Kier molecular flexibility index (Phi) is 5.81. The fraction of sp³-hybridized carbons (Fsp3) is 0.300. The van der Waals surface area contributed by atoms with Crippen molar-refractivity contribution < 1.29 is 19.0 Å². The molecule has 0 aliphatic heterocycles. The zero-order chi connectivity index (χ0) is 19.4. The van der Waals surface area contributed by atoms with E-state index in [2.05, 4.69) is 24.1 Å². The van der Waals surface area contributed by atoms with Crippen LogP contribution in [-0.2, 0) is 0 Å². The molecule has 3 rings (SSSR count). The predicted molar refractivity (Wildman–Crippen MR) is 107 cm³/mol. The average Bonchev–Trinajstić information content (AvgIpc) is 3.08. The Labute approximate surface area is 162 Å². The second-order valence-corrected chi connectivity index (χ2v) is 7.41. The molecule has 3 aromatic rings. The van der Waals surface area contributed by atoms with E-state index in [1.807, 2.05) is 6.07 Å². The number of fused-ring (bicyclic) bond motifs is 1. The van der Waals surface area contributed by atoms with Crippen LogP contribution in [0.15, 0.2) is 36.4 Å². The molecule has 1 N–H and O–H groups in total. The lowest BCUT2D eigenvalue weighted by molar-refractivity contribution is 0.102. The number of anilines is 1. The number of carbonyl (C=O) groups excluding carboxylic acids is 1. The van der Waals surface area contributed by atoms with Crippen LogP contribution in [0, 0.1) is 5.92 Å². The maximum atomic E-state index is 12.5. The number of nitrogens with zero attached hydrogens (tertiary/aromatic N) is 1. The van der Waals surface area contributed by atoms with Crippen molar-refractivity contribution in [1.82, 2.24) is 4.98 Å². The molecule has 1 amide bonds. The summed E-state index contributed by atoms with van der Waals surface area (Å²) in [4.78, 5) is 17.0. The van der Waals surface area contributed by atoms with Crippen molar-refractivity contribution in [2.75, 3.05) is 26.1 Å². The Bertz CT molecular complexity index is 935. The third-order valence-corrected chi connectivity index (χ3v) is 4.73. The van der Waals surface area contributed by atoms with E-state index in [1.54, 1.807) is 44.6 Å². The number of nitrogens with one attached hydrogen (secondary N) is 1. The molecule has 0 spiro atoms. The number of amides is 1. The predicted octanol–water partition coefficient (Wildman–Crippen LogP) is 4.60. The average molecular weight is 386 g/mol. The van der Waals surface area contributed by atoms with Crippen molar-refractivity contribution in [3.63, 3.8) is 0 Å². The zero-order valence-corrected chi connectivity index (χ0v) is 16.6. The van der Waals surface area contributed by atoms with E-state index in [4.69, 9.17) is 14.2 Å². The van der Waals surface area contributed by atoms with Gasteiger partial charge in [-0.05, 0) is 36.2 Å². The first-order valence-corrected chi connectivity index (χ1v) is 9.38. The number of benzene rings is 2. The topological polar surface area (TPSA) is 69.7 Å². The molecule has 0 fully saturated rings. The summed E-state index contributed by atoms with van der Waals surface area (Å²) in [7, 11) is 3.17. The third-order valence-electron chi connectivity index (χ3n) is 3.81. The fourth-order valence-corrected chi connectivity index (χ4v) is 3.34. The summed E-state index contributed by atoms with van der Waals surface area (Å²) in [5.74, 6) is 2.25. The van der Waals surface area contributed by atoms with E-state index in [1.165, 1.54) is 11.3 Å². The van der Waals surface area contributed by atoms with Crippen LogP contribution in [0.1, 0.15) is 24.2 Å². The molecule has 0 aliphatic carbocycles. The number of ether oxygens (including phenoxy) is 3. The minimum atomic E-state index is -0.226. The van der Waals surface area contributed by atoms with Crippen molar-refractivity contribution in [1.29, 1.82) is 0 Å². The highest BCUT2D eigenvalue weighted by Crippen LogP contribution is 2.36. The van der Waals surface area contributed by atoms with Gasteiger partial charge in [0, 0.05) is 11.6 Å². The number of hydrogen-bond donors (Lipinski definition) is 1. The van der Waals surface area contributed by atoms with E-state index in [0.29, 0.717) is 40.2 Å². The van der Waals surface area contributed by atoms with E-state index in [-0.39, 0.29) is 5.91 Å². The maximum absolute atomic E-state index is 12.5. The molecular formula is C20H22N2O4S. The Morgan fingerprint density at radius 2 is 1.85 bits per heavy atom. The first kappa shape index (κ1) is 19.0. The van der Waals surface area contributed by atoms with Crippen LogP contribution >= 0.6 is 11.3 Å². The molecule has 27 heavy (non-hydrogen) atoms. The van der Waals surface area contributed by atoms with Crippen molar-refractivity contribution in [3.05, 3.63) is 42.0 Å². The SMILES string of the molecule is COc1cc(OC)c2nc(NC(=O)c3ccc(OCC(C)C)cc3)sc2c1. The molecule has 0 bridgehead atoms. The number of carbonyl (C=O) groups is 1. The minimum absolute atomic E-state index is 0.226. The minimum Gasteiger partial charge on any atom is -0.497 e. The molecule has 6 nitrogen and oxygen atoms in total. The molecule has 1 heterocycles. The highest BCUT2D eigenvalue weighted by Gasteiger charge is 2.14. The molecule has 0 aliphatic rings.